The van der Waals surface area contributed by atoms with E-state index in [4.69, 9.17) is 0 Å². The van der Waals surface area contributed by atoms with Crippen molar-refractivity contribution < 1.29 is 4.79 Å². The standard InChI is InChI=1S/C18H25N5O/c1-2-23-17-14(12-20-23)16(21-13-7-3-4-8-13)15(11-19-17)18(24)22-9-5-6-10-22/h11-13H,2-10H2,1H3,(H,19,21). The van der Waals surface area contributed by atoms with Crippen LogP contribution in [0.4, 0.5) is 5.69 Å². The van der Waals surface area contributed by atoms with E-state index in [1.165, 1.54) is 25.7 Å². The van der Waals surface area contributed by atoms with Crippen LogP contribution in [-0.2, 0) is 6.54 Å². The highest BCUT2D eigenvalue weighted by Gasteiger charge is 2.26. The largest absolute Gasteiger partial charge is 0.381 e. The van der Waals surface area contributed by atoms with Gasteiger partial charge in [-0.1, -0.05) is 12.8 Å². The van der Waals surface area contributed by atoms with E-state index >= 15 is 0 Å². The van der Waals surface area contributed by atoms with Crippen LogP contribution in [0, 0.1) is 0 Å². The van der Waals surface area contributed by atoms with E-state index in [0.29, 0.717) is 11.6 Å². The van der Waals surface area contributed by atoms with E-state index in [0.717, 1.165) is 49.2 Å². The Kier molecular flexibility index (Phi) is 4.12. The maximum Gasteiger partial charge on any atom is 0.257 e. The Morgan fingerprint density at radius 3 is 2.67 bits per heavy atom. The summed E-state index contributed by atoms with van der Waals surface area (Å²) in [7, 11) is 0. The van der Waals surface area contributed by atoms with Crippen molar-refractivity contribution in [2.75, 3.05) is 18.4 Å². The number of fused-ring (bicyclic) bond motifs is 1. The molecule has 0 radical (unpaired) electrons. The Balaban J connectivity index is 1.77. The van der Waals surface area contributed by atoms with Crippen LogP contribution in [0.1, 0.15) is 55.8 Å². The molecule has 1 aliphatic heterocycles. The van der Waals surface area contributed by atoms with Crippen LogP contribution >= 0.6 is 0 Å². The van der Waals surface area contributed by atoms with Gasteiger partial charge in [-0.05, 0) is 32.6 Å². The Morgan fingerprint density at radius 1 is 1.21 bits per heavy atom. The molecule has 0 aromatic carbocycles. The van der Waals surface area contributed by atoms with Crippen molar-refractivity contribution in [2.24, 2.45) is 0 Å². The molecule has 2 aromatic rings. The van der Waals surface area contributed by atoms with Gasteiger partial charge in [-0.25, -0.2) is 9.67 Å². The van der Waals surface area contributed by atoms with Gasteiger partial charge in [0.05, 0.1) is 22.8 Å². The summed E-state index contributed by atoms with van der Waals surface area (Å²) in [5, 5.41) is 9.06. The first-order valence-corrected chi connectivity index (χ1v) is 9.18. The average Bonchev–Trinajstić information content (AvgIpc) is 3.35. The van der Waals surface area contributed by atoms with Crippen molar-refractivity contribution in [3.8, 4) is 0 Å². The highest BCUT2D eigenvalue weighted by molar-refractivity contribution is 6.06. The molecule has 128 valence electrons. The molecule has 0 bridgehead atoms. The topological polar surface area (TPSA) is 63.1 Å². The number of amides is 1. The molecule has 0 atom stereocenters. The van der Waals surface area contributed by atoms with Gasteiger partial charge in [0.2, 0.25) is 0 Å². The number of pyridine rings is 1. The van der Waals surface area contributed by atoms with Gasteiger partial charge in [-0.15, -0.1) is 0 Å². The molecule has 0 spiro atoms. The van der Waals surface area contributed by atoms with Crippen LogP contribution < -0.4 is 5.32 Å². The van der Waals surface area contributed by atoms with E-state index in [9.17, 15) is 4.79 Å². The Morgan fingerprint density at radius 2 is 1.96 bits per heavy atom. The van der Waals surface area contributed by atoms with Crippen molar-refractivity contribution in [1.29, 1.82) is 0 Å². The molecule has 0 unspecified atom stereocenters. The van der Waals surface area contributed by atoms with Crippen LogP contribution in [0.2, 0.25) is 0 Å². The maximum atomic E-state index is 13.0. The van der Waals surface area contributed by atoms with E-state index in [2.05, 4.69) is 22.3 Å². The first kappa shape index (κ1) is 15.4. The van der Waals surface area contributed by atoms with Crippen molar-refractivity contribution >= 4 is 22.6 Å². The number of nitrogens with zero attached hydrogens (tertiary/aromatic N) is 4. The molecule has 2 aromatic heterocycles. The lowest BCUT2D eigenvalue weighted by molar-refractivity contribution is 0.0793. The van der Waals surface area contributed by atoms with Crippen LogP contribution in [0.5, 0.6) is 0 Å². The Hall–Kier alpha value is -2.11. The molecule has 1 aliphatic carbocycles. The molecule has 2 fully saturated rings. The quantitative estimate of drug-likeness (QED) is 0.937. The van der Waals surface area contributed by atoms with Crippen LogP contribution in [0.25, 0.3) is 11.0 Å². The number of rotatable bonds is 4. The van der Waals surface area contributed by atoms with E-state index in [1.54, 1.807) is 6.20 Å². The minimum absolute atomic E-state index is 0.103. The number of nitrogens with one attached hydrogen (secondary N) is 1. The molecule has 1 amide bonds. The summed E-state index contributed by atoms with van der Waals surface area (Å²) in [4.78, 5) is 19.5. The fraction of sp³-hybridized carbons (Fsp3) is 0.611. The van der Waals surface area contributed by atoms with Gasteiger partial charge in [-0.2, -0.15) is 5.10 Å². The predicted octanol–water partition coefficient (Wildman–Crippen LogP) is 3.04. The van der Waals surface area contributed by atoms with Gasteiger partial charge in [0.15, 0.2) is 5.65 Å². The van der Waals surface area contributed by atoms with Crippen LogP contribution in [0.3, 0.4) is 0 Å². The summed E-state index contributed by atoms with van der Waals surface area (Å²) >= 11 is 0. The monoisotopic (exact) mass is 327 g/mol. The van der Waals surface area contributed by atoms with Gasteiger partial charge in [0, 0.05) is 31.9 Å². The normalized spacial score (nSPS) is 18.6. The number of anilines is 1. The molecular weight excluding hydrogens is 302 g/mol. The van der Waals surface area contributed by atoms with Gasteiger partial charge in [0.1, 0.15) is 0 Å². The number of likely N-dealkylation sites (tertiary alicyclic amines) is 1. The zero-order valence-corrected chi connectivity index (χ0v) is 14.3. The molecule has 6 heteroatoms. The van der Waals surface area contributed by atoms with E-state index in [-0.39, 0.29) is 5.91 Å². The smallest absolute Gasteiger partial charge is 0.257 e. The lowest BCUT2D eigenvalue weighted by atomic mass is 10.1. The number of hydrogen-bond acceptors (Lipinski definition) is 4. The second kappa shape index (κ2) is 6.42. The third kappa shape index (κ3) is 2.64. The van der Waals surface area contributed by atoms with E-state index < -0.39 is 0 Å². The third-order valence-electron chi connectivity index (χ3n) is 5.29. The van der Waals surface area contributed by atoms with Crippen molar-refractivity contribution in [3.05, 3.63) is 18.0 Å². The molecule has 1 saturated heterocycles. The first-order valence-electron chi connectivity index (χ1n) is 9.18. The number of hydrogen-bond donors (Lipinski definition) is 1. The lowest BCUT2D eigenvalue weighted by Crippen LogP contribution is -2.29. The minimum Gasteiger partial charge on any atom is -0.381 e. The summed E-state index contributed by atoms with van der Waals surface area (Å²) in [6, 6.07) is 0.450. The predicted molar refractivity (Wildman–Crippen MR) is 94.2 cm³/mol. The van der Waals surface area contributed by atoms with Gasteiger partial charge >= 0.3 is 0 Å². The first-order chi connectivity index (χ1) is 11.8. The second-order valence-electron chi connectivity index (χ2n) is 6.87. The fourth-order valence-electron chi connectivity index (χ4n) is 3.94. The number of aromatic nitrogens is 3. The molecule has 1 saturated carbocycles. The molecule has 2 aliphatic rings. The zero-order valence-electron chi connectivity index (χ0n) is 14.3. The minimum atomic E-state index is 0.103. The van der Waals surface area contributed by atoms with Crippen LogP contribution in [-0.4, -0.2) is 44.7 Å². The molecule has 1 N–H and O–H groups in total. The fourth-order valence-corrected chi connectivity index (χ4v) is 3.94. The second-order valence-corrected chi connectivity index (χ2v) is 6.87. The van der Waals surface area contributed by atoms with Crippen molar-refractivity contribution in [1.82, 2.24) is 19.7 Å². The Labute approximate surface area is 142 Å². The van der Waals surface area contributed by atoms with Crippen molar-refractivity contribution in [2.45, 2.75) is 58.0 Å². The van der Waals surface area contributed by atoms with Gasteiger partial charge in [-0.3, -0.25) is 4.79 Å². The summed E-state index contributed by atoms with van der Waals surface area (Å²) in [6.07, 6.45) is 10.6. The summed E-state index contributed by atoms with van der Waals surface area (Å²) in [5.74, 6) is 0.103. The number of carbonyl (C=O) groups is 1. The van der Waals surface area contributed by atoms with E-state index in [1.807, 2.05) is 15.8 Å². The SMILES string of the molecule is CCn1ncc2c(NC3CCCC3)c(C(=O)N3CCCC3)cnc21. The lowest BCUT2D eigenvalue weighted by Gasteiger charge is -2.21. The highest BCUT2D eigenvalue weighted by Crippen LogP contribution is 2.31. The average molecular weight is 327 g/mol. The van der Waals surface area contributed by atoms with Gasteiger partial charge < -0.3 is 10.2 Å². The Bertz CT molecular complexity index is 741. The summed E-state index contributed by atoms with van der Waals surface area (Å²) < 4.78 is 1.89. The summed E-state index contributed by atoms with van der Waals surface area (Å²) in [6.45, 7) is 4.54. The van der Waals surface area contributed by atoms with Crippen molar-refractivity contribution in [3.63, 3.8) is 0 Å². The third-order valence-corrected chi connectivity index (χ3v) is 5.29. The molecular formula is C18H25N5O. The summed E-state index contributed by atoms with van der Waals surface area (Å²) in [5.41, 5.74) is 2.49. The zero-order chi connectivity index (χ0) is 16.5. The molecule has 4 rings (SSSR count). The maximum absolute atomic E-state index is 13.0. The highest BCUT2D eigenvalue weighted by atomic mass is 16.2. The molecule has 3 heterocycles. The molecule has 24 heavy (non-hydrogen) atoms. The molecule has 6 nitrogen and oxygen atoms in total. The number of aryl methyl sites for hydroxylation is 1. The number of carbonyl (C=O) groups excluding carboxylic acids is 1. The van der Waals surface area contributed by atoms with Gasteiger partial charge in [0.25, 0.3) is 5.91 Å². The van der Waals surface area contributed by atoms with Crippen LogP contribution in [0.15, 0.2) is 12.4 Å².